The number of aliphatic hydroxyl groups excluding tert-OH is 1. The van der Waals surface area contributed by atoms with Gasteiger partial charge in [-0.2, -0.15) is 0 Å². The highest BCUT2D eigenvalue weighted by Gasteiger charge is 2.33. The predicted octanol–water partition coefficient (Wildman–Crippen LogP) is 3.67. The van der Waals surface area contributed by atoms with Crippen molar-refractivity contribution in [3.05, 3.63) is 52.0 Å². The summed E-state index contributed by atoms with van der Waals surface area (Å²) in [6.07, 6.45) is 2.31. The van der Waals surface area contributed by atoms with Crippen molar-refractivity contribution in [3.8, 4) is 11.5 Å². The molecule has 0 bridgehead atoms. The summed E-state index contributed by atoms with van der Waals surface area (Å²) in [4.78, 5) is 16.9. The van der Waals surface area contributed by atoms with E-state index >= 15 is 0 Å². The Hall–Kier alpha value is -2.48. The number of hydrogen-bond acceptors (Lipinski definition) is 6. The van der Waals surface area contributed by atoms with Crippen molar-refractivity contribution in [2.75, 3.05) is 44.4 Å². The van der Waals surface area contributed by atoms with Gasteiger partial charge in [-0.05, 0) is 69.4 Å². The monoisotopic (exact) mass is 501 g/mol. The van der Waals surface area contributed by atoms with Crippen LogP contribution in [0.15, 0.2) is 30.3 Å². The van der Waals surface area contributed by atoms with E-state index in [-0.39, 0.29) is 18.2 Å². The van der Waals surface area contributed by atoms with Gasteiger partial charge in [-0.1, -0.05) is 17.7 Å². The summed E-state index contributed by atoms with van der Waals surface area (Å²) >= 11 is 6.17. The Labute approximate surface area is 212 Å². The van der Waals surface area contributed by atoms with E-state index < -0.39 is 5.91 Å². The van der Waals surface area contributed by atoms with Crippen LogP contribution in [0.4, 0.5) is 5.69 Å². The Morgan fingerprint density at radius 3 is 2.74 bits per heavy atom. The number of carbonyl (C=O) groups excluding carboxylic acids is 1. The molecule has 3 N–H and O–H groups in total. The second-order valence-electron chi connectivity index (χ2n) is 10.1. The number of amides is 1. The van der Waals surface area contributed by atoms with E-state index in [1.165, 1.54) is 0 Å². The maximum atomic E-state index is 12.4. The molecule has 0 radical (unpaired) electrons. The number of anilines is 1. The highest BCUT2D eigenvalue weighted by Crippen LogP contribution is 2.35. The van der Waals surface area contributed by atoms with E-state index in [9.17, 15) is 9.90 Å². The fourth-order valence-corrected chi connectivity index (χ4v) is 5.52. The number of rotatable bonds is 7. The quantitative estimate of drug-likeness (QED) is 0.602. The number of nitrogens with zero attached hydrogens (tertiary/aromatic N) is 2. The molecule has 8 heteroatoms. The molecule has 35 heavy (non-hydrogen) atoms. The molecule has 0 saturated carbocycles. The van der Waals surface area contributed by atoms with Crippen LogP contribution in [0.1, 0.15) is 48.7 Å². The lowest BCUT2D eigenvalue weighted by molar-refractivity contribution is 0.0332. The molecule has 0 spiro atoms. The van der Waals surface area contributed by atoms with Crippen LogP contribution >= 0.6 is 11.6 Å². The third kappa shape index (κ3) is 5.68. The third-order valence-corrected chi connectivity index (χ3v) is 7.22. The summed E-state index contributed by atoms with van der Waals surface area (Å²) in [6.45, 7) is 10.0. The van der Waals surface area contributed by atoms with Crippen LogP contribution < -0.4 is 20.1 Å². The Morgan fingerprint density at radius 1 is 1.20 bits per heavy atom. The maximum Gasteiger partial charge on any atom is 0.250 e. The van der Waals surface area contributed by atoms with Crippen LogP contribution in [0.2, 0.25) is 5.02 Å². The van der Waals surface area contributed by atoms with Crippen LogP contribution in [0.5, 0.6) is 11.5 Å². The number of nitrogens with two attached hydrogens (primary N) is 1. The minimum absolute atomic E-state index is 0.129. The second-order valence-corrected chi connectivity index (χ2v) is 10.6. The smallest absolute Gasteiger partial charge is 0.250 e. The molecular formula is C27H36ClN3O4. The number of benzene rings is 2. The molecule has 1 amide bonds. The first-order chi connectivity index (χ1) is 16.7. The van der Waals surface area contributed by atoms with Crippen LogP contribution in [0.25, 0.3) is 0 Å². The molecule has 0 aliphatic carbocycles. The molecule has 190 valence electrons. The number of halogens is 1. The minimum Gasteiger partial charge on any atom is -0.488 e. The minimum atomic E-state index is -0.409. The summed E-state index contributed by atoms with van der Waals surface area (Å²) in [5.74, 6) is 0.957. The van der Waals surface area contributed by atoms with E-state index in [0.717, 1.165) is 49.3 Å². The Bertz CT molecular complexity index is 1070. The van der Waals surface area contributed by atoms with Gasteiger partial charge in [-0.3, -0.25) is 9.69 Å². The van der Waals surface area contributed by atoms with Crippen molar-refractivity contribution in [2.45, 2.75) is 51.6 Å². The largest absolute Gasteiger partial charge is 0.488 e. The van der Waals surface area contributed by atoms with Gasteiger partial charge >= 0.3 is 0 Å². The molecular weight excluding hydrogens is 466 g/mol. The molecule has 4 rings (SSSR count). The van der Waals surface area contributed by atoms with Crippen molar-refractivity contribution < 1.29 is 19.4 Å². The summed E-state index contributed by atoms with van der Waals surface area (Å²) in [5, 5.41) is 9.85. The number of ether oxygens (including phenoxy) is 2. The number of fused-ring (bicyclic) bond motifs is 2. The van der Waals surface area contributed by atoms with Crippen molar-refractivity contribution in [2.24, 2.45) is 5.73 Å². The summed E-state index contributed by atoms with van der Waals surface area (Å²) in [7, 11) is 0. The fraction of sp³-hybridized carbons (Fsp3) is 0.519. The zero-order valence-corrected chi connectivity index (χ0v) is 21.6. The van der Waals surface area contributed by atoms with Crippen LogP contribution in [0, 0.1) is 0 Å². The molecule has 0 unspecified atom stereocenters. The SMILES string of the molecule is C[C@H](Cc1cc2c(c(C(N)=O)c1)N(CCCO)CC2)N1CCOc2ccc(Cl)cc2OCC1(C)C. The average molecular weight is 502 g/mol. The zero-order valence-electron chi connectivity index (χ0n) is 20.8. The molecule has 2 heterocycles. The lowest BCUT2D eigenvalue weighted by atomic mass is 9.95. The molecule has 1 atom stereocenters. The fourth-order valence-electron chi connectivity index (χ4n) is 5.36. The normalized spacial score (nSPS) is 18.4. The van der Waals surface area contributed by atoms with Gasteiger partial charge in [0.1, 0.15) is 13.2 Å². The van der Waals surface area contributed by atoms with Crippen molar-refractivity contribution >= 4 is 23.2 Å². The number of aliphatic hydroxyl groups is 1. The molecule has 2 aliphatic heterocycles. The first kappa shape index (κ1) is 25.6. The maximum absolute atomic E-state index is 12.4. The van der Waals surface area contributed by atoms with Crippen molar-refractivity contribution in [1.29, 1.82) is 0 Å². The number of hydrogen-bond donors (Lipinski definition) is 2. The van der Waals surface area contributed by atoms with Gasteiger partial charge in [0.25, 0.3) is 5.91 Å². The van der Waals surface area contributed by atoms with Crippen molar-refractivity contribution in [1.82, 2.24) is 4.90 Å². The molecule has 2 aromatic carbocycles. The Balaban J connectivity index is 1.54. The van der Waals surface area contributed by atoms with Crippen LogP contribution in [-0.2, 0) is 12.8 Å². The lowest BCUT2D eigenvalue weighted by Gasteiger charge is -2.41. The van der Waals surface area contributed by atoms with E-state index in [2.05, 4.69) is 36.6 Å². The lowest BCUT2D eigenvalue weighted by Crippen LogP contribution is -2.54. The first-order valence-corrected chi connectivity index (χ1v) is 12.7. The Kier molecular flexibility index (Phi) is 7.79. The van der Waals surface area contributed by atoms with Gasteiger partial charge < -0.3 is 25.2 Å². The van der Waals surface area contributed by atoms with E-state index in [0.29, 0.717) is 41.7 Å². The average Bonchev–Trinajstić information content (AvgIpc) is 3.23. The standard InChI is InChI=1S/C27H36ClN3O4/c1-18(31-10-12-34-23-6-5-21(28)16-24(23)35-17-27(31,2)3)13-19-14-20-7-9-30(8-4-11-32)25(20)22(15-19)26(29)33/h5-6,14-16,18,32H,4,7-13,17H2,1-3H3,(H2,29,33)/t18-/m1/s1. The predicted molar refractivity (Wildman–Crippen MR) is 139 cm³/mol. The first-order valence-electron chi connectivity index (χ1n) is 12.3. The third-order valence-electron chi connectivity index (χ3n) is 6.98. The molecule has 0 aromatic heterocycles. The zero-order chi connectivity index (χ0) is 25.2. The highest BCUT2D eigenvalue weighted by atomic mass is 35.5. The van der Waals surface area contributed by atoms with Gasteiger partial charge in [0, 0.05) is 48.9 Å². The molecule has 0 fully saturated rings. The van der Waals surface area contributed by atoms with E-state index in [1.54, 1.807) is 6.07 Å². The summed E-state index contributed by atoms with van der Waals surface area (Å²) in [5.41, 5.74) is 9.31. The van der Waals surface area contributed by atoms with E-state index in [4.69, 9.17) is 26.8 Å². The van der Waals surface area contributed by atoms with Crippen LogP contribution in [0.3, 0.4) is 0 Å². The summed E-state index contributed by atoms with van der Waals surface area (Å²) < 4.78 is 12.2. The van der Waals surface area contributed by atoms with Gasteiger partial charge in [-0.25, -0.2) is 0 Å². The number of primary amides is 1. The molecule has 0 saturated heterocycles. The highest BCUT2D eigenvalue weighted by molar-refractivity contribution is 6.30. The topological polar surface area (TPSA) is 88.3 Å². The van der Waals surface area contributed by atoms with Crippen LogP contribution in [-0.4, -0.2) is 66.9 Å². The van der Waals surface area contributed by atoms with Gasteiger partial charge in [0.15, 0.2) is 11.5 Å². The Morgan fingerprint density at radius 2 is 2.00 bits per heavy atom. The molecule has 7 nitrogen and oxygen atoms in total. The van der Waals surface area contributed by atoms with Gasteiger partial charge in [-0.15, -0.1) is 0 Å². The second kappa shape index (κ2) is 10.6. The summed E-state index contributed by atoms with van der Waals surface area (Å²) in [6, 6.07) is 9.79. The number of carbonyl (C=O) groups is 1. The van der Waals surface area contributed by atoms with Gasteiger partial charge in [0.2, 0.25) is 0 Å². The molecule has 2 aliphatic rings. The van der Waals surface area contributed by atoms with Gasteiger partial charge in [0.05, 0.1) is 11.3 Å². The van der Waals surface area contributed by atoms with Crippen molar-refractivity contribution in [3.63, 3.8) is 0 Å². The van der Waals surface area contributed by atoms with E-state index in [1.807, 2.05) is 18.2 Å². The molecule has 2 aromatic rings.